The number of hydrogen-bond donors (Lipinski definition) is 2. The highest BCUT2D eigenvalue weighted by molar-refractivity contribution is 7.89. The molecule has 6 nitrogen and oxygen atoms in total. The molecule has 1 rings (SSSR count). The van der Waals surface area contributed by atoms with Crippen molar-refractivity contribution in [3.05, 3.63) is 18.2 Å². The van der Waals surface area contributed by atoms with Crippen LogP contribution < -0.4 is 15.2 Å². The van der Waals surface area contributed by atoms with Crippen LogP contribution in [-0.2, 0) is 14.8 Å². The van der Waals surface area contributed by atoms with Gasteiger partial charge in [-0.3, -0.25) is 4.79 Å². The van der Waals surface area contributed by atoms with Crippen LogP contribution in [0.2, 0.25) is 0 Å². The second kappa shape index (κ2) is 6.71. The number of rotatable bonds is 6. The Bertz CT molecular complexity index is 582. The van der Waals surface area contributed by atoms with Gasteiger partial charge in [0.15, 0.2) is 0 Å². The number of nitrogens with one attached hydrogen (secondary N) is 1. The number of methoxy groups -OCH3 is 1. The van der Waals surface area contributed by atoms with E-state index in [1.54, 1.807) is 6.07 Å². The van der Waals surface area contributed by atoms with Gasteiger partial charge < -0.3 is 10.1 Å². The van der Waals surface area contributed by atoms with E-state index in [2.05, 4.69) is 5.32 Å². The number of carbonyl (C=O) groups is 1. The largest absolute Gasteiger partial charge is 0.495 e. The number of benzene rings is 1. The van der Waals surface area contributed by atoms with Crippen LogP contribution in [0.4, 0.5) is 5.69 Å². The van der Waals surface area contributed by atoms with Crippen LogP contribution in [0.25, 0.3) is 0 Å². The number of sulfonamides is 1. The molecule has 1 aromatic rings. The van der Waals surface area contributed by atoms with Gasteiger partial charge in [0.25, 0.3) is 0 Å². The molecule has 0 saturated heterocycles. The Morgan fingerprint density at radius 1 is 1.40 bits per heavy atom. The molecule has 0 fully saturated rings. The van der Waals surface area contributed by atoms with Crippen molar-refractivity contribution in [2.45, 2.75) is 31.6 Å². The third-order valence-corrected chi connectivity index (χ3v) is 3.63. The van der Waals surface area contributed by atoms with E-state index in [9.17, 15) is 13.2 Å². The third-order valence-electron chi connectivity index (χ3n) is 2.70. The first-order chi connectivity index (χ1) is 9.24. The Kier molecular flexibility index (Phi) is 5.52. The molecule has 0 aliphatic carbocycles. The minimum absolute atomic E-state index is 0.146. The molecule has 0 atom stereocenters. The normalized spacial score (nSPS) is 11.4. The van der Waals surface area contributed by atoms with Crippen LogP contribution in [0.1, 0.15) is 26.7 Å². The molecular weight excluding hydrogens is 280 g/mol. The molecule has 20 heavy (non-hydrogen) atoms. The number of hydrogen-bond acceptors (Lipinski definition) is 4. The molecule has 0 aliphatic heterocycles. The zero-order valence-electron chi connectivity index (χ0n) is 11.8. The Labute approximate surface area is 119 Å². The van der Waals surface area contributed by atoms with Gasteiger partial charge in [0.1, 0.15) is 10.6 Å². The highest BCUT2D eigenvalue weighted by atomic mass is 32.2. The number of primary sulfonamides is 1. The molecule has 0 aromatic heterocycles. The van der Waals surface area contributed by atoms with Crippen molar-refractivity contribution >= 4 is 21.6 Å². The third kappa shape index (κ3) is 4.82. The molecule has 0 bridgehead atoms. The van der Waals surface area contributed by atoms with Crippen LogP contribution >= 0.6 is 0 Å². The van der Waals surface area contributed by atoms with E-state index in [1.807, 2.05) is 13.8 Å². The summed E-state index contributed by atoms with van der Waals surface area (Å²) in [6, 6.07) is 4.32. The second-order valence-electron chi connectivity index (χ2n) is 4.89. The Balaban J connectivity index is 2.90. The van der Waals surface area contributed by atoms with Crippen LogP contribution in [0.3, 0.4) is 0 Å². The topological polar surface area (TPSA) is 98.5 Å². The first kappa shape index (κ1) is 16.5. The van der Waals surface area contributed by atoms with E-state index in [0.29, 0.717) is 18.0 Å². The lowest BCUT2D eigenvalue weighted by Gasteiger charge is -2.10. The SMILES string of the molecule is COc1ccc(NC(=O)CCC(C)C)cc1S(N)(=O)=O. The van der Waals surface area contributed by atoms with Crippen molar-refractivity contribution in [1.29, 1.82) is 0 Å². The molecule has 0 unspecified atom stereocenters. The molecular formula is C13H20N2O4S. The van der Waals surface area contributed by atoms with Gasteiger partial charge in [0.05, 0.1) is 7.11 Å². The molecule has 3 N–H and O–H groups in total. The van der Waals surface area contributed by atoms with Crippen molar-refractivity contribution in [3.8, 4) is 5.75 Å². The number of amides is 1. The van der Waals surface area contributed by atoms with E-state index >= 15 is 0 Å². The lowest BCUT2D eigenvalue weighted by molar-refractivity contribution is -0.116. The van der Waals surface area contributed by atoms with Gasteiger partial charge in [-0.15, -0.1) is 0 Å². The molecule has 7 heteroatoms. The van der Waals surface area contributed by atoms with Crippen LogP contribution in [0.15, 0.2) is 23.1 Å². The minimum Gasteiger partial charge on any atom is -0.495 e. The predicted octanol–water partition coefficient (Wildman–Crippen LogP) is 1.72. The first-order valence-electron chi connectivity index (χ1n) is 6.24. The van der Waals surface area contributed by atoms with E-state index in [4.69, 9.17) is 9.88 Å². The summed E-state index contributed by atoms with van der Waals surface area (Å²) in [6.45, 7) is 4.06. The van der Waals surface area contributed by atoms with Crippen LogP contribution in [-0.4, -0.2) is 21.4 Å². The summed E-state index contributed by atoms with van der Waals surface area (Å²) < 4.78 is 27.8. The second-order valence-corrected chi connectivity index (χ2v) is 6.42. The maximum Gasteiger partial charge on any atom is 0.241 e. The molecule has 0 spiro atoms. The molecule has 1 amide bonds. The van der Waals surface area contributed by atoms with Crippen molar-refractivity contribution < 1.29 is 17.9 Å². The number of anilines is 1. The van der Waals surface area contributed by atoms with E-state index in [0.717, 1.165) is 6.42 Å². The maximum absolute atomic E-state index is 11.7. The zero-order valence-corrected chi connectivity index (χ0v) is 12.7. The summed E-state index contributed by atoms with van der Waals surface area (Å²) in [5.74, 6) is 0.411. The molecule has 0 saturated carbocycles. The predicted molar refractivity (Wildman–Crippen MR) is 77.1 cm³/mol. The Morgan fingerprint density at radius 2 is 2.05 bits per heavy atom. The first-order valence-corrected chi connectivity index (χ1v) is 7.79. The summed E-state index contributed by atoms with van der Waals surface area (Å²) in [6.07, 6.45) is 1.15. The fourth-order valence-corrected chi connectivity index (χ4v) is 2.34. The fraction of sp³-hybridized carbons (Fsp3) is 0.462. The summed E-state index contributed by atoms with van der Waals surface area (Å²) in [5, 5.41) is 7.76. The maximum atomic E-state index is 11.7. The standard InChI is InChI=1S/C13H20N2O4S/c1-9(2)4-7-13(16)15-10-5-6-11(19-3)12(8-10)20(14,17)18/h5-6,8-9H,4,7H2,1-3H3,(H,15,16)(H2,14,17,18). The molecule has 112 valence electrons. The molecule has 0 radical (unpaired) electrons. The number of carbonyl (C=O) groups excluding carboxylic acids is 1. The van der Waals surface area contributed by atoms with Crippen molar-refractivity contribution in [1.82, 2.24) is 0 Å². The van der Waals surface area contributed by atoms with Crippen molar-refractivity contribution in [2.24, 2.45) is 11.1 Å². The highest BCUT2D eigenvalue weighted by Crippen LogP contribution is 2.26. The lowest BCUT2D eigenvalue weighted by atomic mass is 10.1. The quantitative estimate of drug-likeness (QED) is 0.835. The van der Waals surface area contributed by atoms with E-state index < -0.39 is 10.0 Å². The minimum atomic E-state index is -3.91. The smallest absolute Gasteiger partial charge is 0.241 e. The van der Waals surface area contributed by atoms with Gasteiger partial charge in [-0.1, -0.05) is 13.8 Å². The summed E-state index contributed by atoms with van der Waals surface area (Å²) >= 11 is 0. The molecule has 0 heterocycles. The Morgan fingerprint density at radius 3 is 2.55 bits per heavy atom. The number of ether oxygens (including phenoxy) is 1. The van der Waals surface area contributed by atoms with Gasteiger partial charge in [-0.2, -0.15) is 0 Å². The summed E-state index contributed by atoms with van der Waals surface area (Å²) in [4.78, 5) is 11.6. The highest BCUT2D eigenvalue weighted by Gasteiger charge is 2.16. The van der Waals surface area contributed by atoms with Crippen molar-refractivity contribution in [3.63, 3.8) is 0 Å². The van der Waals surface area contributed by atoms with Crippen LogP contribution in [0, 0.1) is 5.92 Å². The van der Waals surface area contributed by atoms with E-state index in [1.165, 1.54) is 19.2 Å². The average Bonchev–Trinajstić information content (AvgIpc) is 2.35. The monoisotopic (exact) mass is 300 g/mol. The Hall–Kier alpha value is -1.60. The molecule has 0 aliphatic rings. The van der Waals surface area contributed by atoms with Gasteiger partial charge >= 0.3 is 0 Å². The van der Waals surface area contributed by atoms with Gasteiger partial charge in [0.2, 0.25) is 15.9 Å². The number of nitrogens with two attached hydrogens (primary N) is 1. The van der Waals surface area contributed by atoms with Crippen LogP contribution in [0.5, 0.6) is 5.75 Å². The van der Waals surface area contributed by atoms with E-state index in [-0.39, 0.29) is 16.6 Å². The van der Waals surface area contributed by atoms with Gasteiger partial charge in [0, 0.05) is 12.1 Å². The van der Waals surface area contributed by atoms with Crippen molar-refractivity contribution in [2.75, 3.05) is 12.4 Å². The molecule has 1 aromatic carbocycles. The van der Waals surface area contributed by atoms with Gasteiger partial charge in [-0.05, 0) is 30.5 Å². The zero-order chi connectivity index (χ0) is 15.3. The lowest BCUT2D eigenvalue weighted by Crippen LogP contribution is -2.16. The summed E-state index contributed by atoms with van der Waals surface area (Å²) in [5.41, 5.74) is 0.378. The summed E-state index contributed by atoms with van der Waals surface area (Å²) in [7, 11) is -2.55. The van der Waals surface area contributed by atoms with Gasteiger partial charge in [-0.25, -0.2) is 13.6 Å². The fourth-order valence-electron chi connectivity index (χ4n) is 1.62. The average molecular weight is 300 g/mol.